The SMILES string of the molecule is COCn1c(C#N)cc2c(OCC(O)COC3CN(C(c4ccccc4)c4ccccc4)C3)cccc21. The van der Waals surface area contributed by atoms with E-state index in [1.807, 2.05) is 30.3 Å². The number of aromatic nitrogens is 1. The van der Waals surface area contributed by atoms with Gasteiger partial charge in [-0.15, -0.1) is 0 Å². The van der Waals surface area contributed by atoms with Crippen LogP contribution in [0, 0.1) is 11.3 Å². The van der Waals surface area contributed by atoms with Crippen LogP contribution in [-0.2, 0) is 16.2 Å². The number of methoxy groups -OCH3 is 1. The fourth-order valence-electron chi connectivity index (χ4n) is 4.90. The van der Waals surface area contributed by atoms with Crippen molar-refractivity contribution in [2.75, 3.05) is 33.4 Å². The lowest BCUT2D eigenvalue weighted by molar-refractivity contribution is -0.0944. The van der Waals surface area contributed by atoms with Gasteiger partial charge >= 0.3 is 0 Å². The van der Waals surface area contributed by atoms with Gasteiger partial charge in [0.25, 0.3) is 0 Å². The van der Waals surface area contributed by atoms with E-state index in [-0.39, 0.29) is 32.1 Å². The Morgan fingerprint density at radius 2 is 1.62 bits per heavy atom. The van der Waals surface area contributed by atoms with E-state index in [1.54, 1.807) is 17.7 Å². The van der Waals surface area contributed by atoms with E-state index in [9.17, 15) is 10.4 Å². The number of rotatable bonds is 11. The zero-order valence-electron chi connectivity index (χ0n) is 20.9. The minimum Gasteiger partial charge on any atom is -0.490 e. The third-order valence-corrected chi connectivity index (χ3v) is 6.71. The quantitative estimate of drug-likeness (QED) is 0.332. The van der Waals surface area contributed by atoms with Crippen LogP contribution in [0.1, 0.15) is 22.9 Å². The Morgan fingerprint density at radius 1 is 0.946 bits per heavy atom. The first-order chi connectivity index (χ1) is 18.2. The second kappa shape index (κ2) is 11.6. The number of likely N-dealkylation sites (tertiary alicyclic amines) is 1. The molecule has 1 N–H and O–H groups in total. The topological polar surface area (TPSA) is 79.9 Å². The smallest absolute Gasteiger partial charge is 0.128 e. The molecule has 1 aromatic heterocycles. The number of aliphatic hydroxyl groups is 1. The molecule has 1 aliphatic rings. The number of hydrogen-bond acceptors (Lipinski definition) is 6. The molecular weight excluding hydrogens is 466 g/mol. The molecule has 1 unspecified atom stereocenters. The predicted octanol–water partition coefficient (Wildman–Crippen LogP) is 4.35. The maximum atomic E-state index is 10.5. The Kier molecular flexibility index (Phi) is 7.83. The Balaban J connectivity index is 1.15. The fourth-order valence-corrected chi connectivity index (χ4v) is 4.90. The largest absolute Gasteiger partial charge is 0.490 e. The molecule has 0 bridgehead atoms. The van der Waals surface area contributed by atoms with Crippen LogP contribution in [0.15, 0.2) is 84.9 Å². The molecular formula is C30H31N3O4. The van der Waals surface area contributed by atoms with E-state index in [1.165, 1.54) is 11.1 Å². The van der Waals surface area contributed by atoms with Crippen LogP contribution in [0.3, 0.4) is 0 Å². The molecule has 0 radical (unpaired) electrons. The normalized spacial score (nSPS) is 15.0. The molecule has 2 heterocycles. The number of nitrogens with zero attached hydrogens (tertiary/aromatic N) is 3. The molecule has 7 nitrogen and oxygen atoms in total. The highest BCUT2D eigenvalue weighted by Crippen LogP contribution is 2.33. The van der Waals surface area contributed by atoms with E-state index >= 15 is 0 Å². The van der Waals surface area contributed by atoms with Gasteiger partial charge < -0.3 is 23.9 Å². The fraction of sp³-hybridized carbons (Fsp3) is 0.300. The highest BCUT2D eigenvalue weighted by Gasteiger charge is 2.34. The van der Waals surface area contributed by atoms with Crippen molar-refractivity contribution in [3.05, 3.63) is 102 Å². The first-order valence-electron chi connectivity index (χ1n) is 12.5. The molecule has 0 saturated carbocycles. The van der Waals surface area contributed by atoms with Gasteiger partial charge in [0.2, 0.25) is 0 Å². The van der Waals surface area contributed by atoms with E-state index in [0.717, 1.165) is 24.0 Å². The highest BCUT2D eigenvalue weighted by molar-refractivity contribution is 5.88. The zero-order chi connectivity index (χ0) is 25.6. The van der Waals surface area contributed by atoms with Gasteiger partial charge in [0.15, 0.2) is 0 Å². The molecule has 0 amide bonds. The van der Waals surface area contributed by atoms with Gasteiger partial charge in [-0.3, -0.25) is 4.90 Å². The van der Waals surface area contributed by atoms with Crippen molar-refractivity contribution in [1.82, 2.24) is 9.47 Å². The summed E-state index contributed by atoms with van der Waals surface area (Å²) in [6, 6.07) is 30.8. The number of fused-ring (bicyclic) bond motifs is 1. The lowest BCUT2D eigenvalue weighted by Crippen LogP contribution is -2.54. The van der Waals surface area contributed by atoms with Crippen molar-refractivity contribution in [3.63, 3.8) is 0 Å². The minimum absolute atomic E-state index is 0.0641. The minimum atomic E-state index is -0.764. The van der Waals surface area contributed by atoms with E-state index < -0.39 is 6.10 Å². The third kappa shape index (κ3) is 5.53. The molecule has 1 fully saturated rings. The van der Waals surface area contributed by atoms with Gasteiger partial charge in [0, 0.05) is 25.6 Å². The molecule has 1 saturated heterocycles. The lowest BCUT2D eigenvalue weighted by atomic mass is 9.94. The molecule has 0 aliphatic carbocycles. The molecule has 7 heteroatoms. The summed E-state index contributed by atoms with van der Waals surface area (Å²) in [6.45, 7) is 2.17. The van der Waals surface area contributed by atoms with Crippen molar-refractivity contribution < 1.29 is 19.3 Å². The average Bonchev–Trinajstić information content (AvgIpc) is 3.28. The molecule has 0 spiro atoms. The molecule has 1 atom stereocenters. The average molecular weight is 498 g/mol. The first kappa shape index (κ1) is 25.0. The molecule has 1 aliphatic heterocycles. The molecule has 190 valence electrons. The Labute approximate surface area is 217 Å². The standard InChI is InChI=1S/C30H31N3O4/c1-35-21-33-24(16-31)15-27-28(33)13-8-14-29(27)37-20-25(34)19-36-26-17-32(18-26)30(22-9-4-2-5-10-22)23-11-6-3-7-12-23/h2-15,25-26,30,34H,17-21H2,1H3. The van der Waals surface area contributed by atoms with Crippen molar-refractivity contribution in [2.45, 2.75) is 25.0 Å². The lowest BCUT2D eigenvalue weighted by Gasteiger charge is -2.44. The van der Waals surface area contributed by atoms with Crippen LogP contribution in [0.4, 0.5) is 0 Å². The zero-order valence-corrected chi connectivity index (χ0v) is 20.9. The van der Waals surface area contributed by atoms with E-state index in [0.29, 0.717) is 11.4 Å². The summed E-state index contributed by atoms with van der Waals surface area (Å²) in [7, 11) is 1.59. The van der Waals surface area contributed by atoms with Crippen LogP contribution in [-0.4, -0.2) is 60.2 Å². The van der Waals surface area contributed by atoms with Crippen LogP contribution in [0.2, 0.25) is 0 Å². The third-order valence-electron chi connectivity index (χ3n) is 6.71. The highest BCUT2D eigenvalue weighted by atomic mass is 16.5. The van der Waals surface area contributed by atoms with E-state index in [4.69, 9.17) is 14.2 Å². The second-order valence-electron chi connectivity index (χ2n) is 9.27. The summed E-state index contributed by atoms with van der Waals surface area (Å²) < 4.78 is 19.0. The van der Waals surface area contributed by atoms with Crippen LogP contribution in [0.25, 0.3) is 10.9 Å². The number of hydrogen-bond donors (Lipinski definition) is 1. The number of nitriles is 1. The van der Waals surface area contributed by atoms with Gasteiger partial charge in [0.1, 0.15) is 37.0 Å². The predicted molar refractivity (Wildman–Crippen MR) is 141 cm³/mol. The maximum Gasteiger partial charge on any atom is 0.128 e. The summed E-state index contributed by atoms with van der Waals surface area (Å²) in [5, 5.41) is 20.8. The maximum absolute atomic E-state index is 10.5. The Hall–Kier alpha value is -3.67. The Morgan fingerprint density at radius 3 is 2.24 bits per heavy atom. The second-order valence-corrected chi connectivity index (χ2v) is 9.27. The van der Waals surface area contributed by atoms with Crippen molar-refractivity contribution >= 4 is 10.9 Å². The summed E-state index contributed by atoms with van der Waals surface area (Å²) in [4.78, 5) is 2.40. The summed E-state index contributed by atoms with van der Waals surface area (Å²) in [6.07, 6.45) is -0.700. The summed E-state index contributed by atoms with van der Waals surface area (Å²) >= 11 is 0. The van der Waals surface area contributed by atoms with Crippen molar-refractivity contribution in [3.8, 4) is 11.8 Å². The van der Waals surface area contributed by atoms with Gasteiger partial charge in [0.05, 0.1) is 24.3 Å². The number of aliphatic hydroxyl groups excluding tert-OH is 1. The van der Waals surface area contributed by atoms with Crippen molar-refractivity contribution in [1.29, 1.82) is 5.26 Å². The molecule has 3 aromatic carbocycles. The van der Waals surface area contributed by atoms with Crippen LogP contribution < -0.4 is 4.74 Å². The van der Waals surface area contributed by atoms with Gasteiger partial charge in [-0.25, -0.2) is 0 Å². The monoisotopic (exact) mass is 497 g/mol. The molecule has 5 rings (SSSR count). The summed E-state index contributed by atoms with van der Waals surface area (Å²) in [5.74, 6) is 0.617. The Bertz CT molecular complexity index is 1300. The first-order valence-corrected chi connectivity index (χ1v) is 12.5. The summed E-state index contributed by atoms with van der Waals surface area (Å²) in [5.41, 5.74) is 3.86. The molecule has 37 heavy (non-hydrogen) atoms. The molecule has 4 aromatic rings. The van der Waals surface area contributed by atoms with Crippen LogP contribution >= 0.6 is 0 Å². The van der Waals surface area contributed by atoms with E-state index in [2.05, 4.69) is 59.5 Å². The van der Waals surface area contributed by atoms with Gasteiger partial charge in [-0.1, -0.05) is 66.7 Å². The number of ether oxygens (including phenoxy) is 3. The van der Waals surface area contributed by atoms with Gasteiger partial charge in [-0.2, -0.15) is 5.26 Å². The van der Waals surface area contributed by atoms with Crippen LogP contribution in [0.5, 0.6) is 5.75 Å². The van der Waals surface area contributed by atoms with Crippen molar-refractivity contribution in [2.24, 2.45) is 0 Å². The number of benzene rings is 3. The van der Waals surface area contributed by atoms with Gasteiger partial charge in [-0.05, 0) is 29.3 Å².